The molecule has 6 nitrogen and oxygen atoms in total. The molecule has 0 spiro atoms. The molecule has 164 valence electrons. The monoisotopic (exact) mass is 421 g/mol. The zero-order valence-electron chi connectivity index (χ0n) is 18.4. The van der Waals surface area contributed by atoms with Crippen LogP contribution in [0.3, 0.4) is 0 Å². The second-order valence-electron chi connectivity index (χ2n) is 8.45. The lowest BCUT2D eigenvalue weighted by molar-refractivity contribution is -0.136. The molecule has 1 saturated heterocycles. The first-order valence-electron chi connectivity index (χ1n) is 11.2. The van der Waals surface area contributed by atoms with Crippen molar-refractivity contribution in [1.29, 1.82) is 0 Å². The normalized spacial score (nSPS) is 22.0. The van der Waals surface area contributed by atoms with Gasteiger partial charge in [-0.1, -0.05) is 56.3 Å². The summed E-state index contributed by atoms with van der Waals surface area (Å²) in [6.07, 6.45) is 0.639. The fourth-order valence-electron chi connectivity index (χ4n) is 4.53. The van der Waals surface area contributed by atoms with Gasteiger partial charge in [0.05, 0.1) is 18.8 Å². The van der Waals surface area contributed by atoms with E-state index in [0.717, 1.165) is 44.7 Å². The molecule has 1 fully saturated rings. The molecule has 0 unspecified atom stereocenters. The van der Waals surface area contributed by atoms with Crippen molar-refractivity contribution in [3.63, 3.8) is 0 Å². The van der Waals surface area contributed by atoms with E-state index in [4.69, 9.17) is 0 Å². The maximum absolute atomic E-state index is 13.4. The number of aryl methyl sites for hydroxylation is 1. The van der Waals surface area contributed by atoms with E-state index in [1.54, 1.807) is 29.2 Å². The van der Waals surface area contributed by atoms with Crippen LogP contribution in [-0.2, 0) is 16.8 Å². The topological polar surface area (TPSA) is 64.1 Å². The standard InChI is InChI=1S/C25H31N3O3/c1-3-19-9-11-20(12-10-19)23(29)17-25(31)21-7-5-6-8-22(21)28(24(25)30)18-27-15-13-26(4-2)14-16-27/h5-12,31H,3-4,13-18H2,1-2H3/t25-/m0/s1. The number of nitrogens with zero attached hydrogens (tertiary/aromatic N) is 3. The summed E-state index contributed by atoms with van der Waals surface area (Å²) in [7, 11) is 0. The summed E-state index contributed by atoms with van der Waals surface area (Å²) < 4.78 is 0. The van der Waals surface area contributed by atoms with Gasteiger partial charge in [-0.05, 0) is 24.6 Å². The van der Waals surface area contributed by atoms with Crippen LogP contribution in [0.25, 0.3) is 0 Å². The van der Waals surface area contributed by atoms with Gasteiger partial charge in [-0.25, -0.2) is 0 Å². The van der Waals surface area contributed by atoms with E-state index in [9.17, 15) is 14.7 Å². The van der Waals surface area contributed by atoms with Gasteiger partial charge in [0, 0.05) is 37.3 Å². The maximum Gasteiger partial charge on any atom is 0.265 e. The van der Waals surface area contributed by atoms with Crippen molar-refractivity contribution in [2.24, 2.45) is 0 Å². The number of fused-ring (bicyclic) bond motifs is 1. The quantitative estimate of drug-likeness (QED) is 0.697. The molecule has 0 aliphatic carbocycles. The predicted molar refractivity (Wildman–Crippen MR) is 121 cm³/mol. The molecule has 1 amide bonds. The van der Waals surface area contributed by atoms with Crippen molar-refractivity contribution in [3.8, 4) is 0 Å². The van der Waals surface area contributed by atoms with Gasteiger partial charge in [0.2, 0.25) is 0 Å². The molecule has 0 bridgehead atoms. The van der Waals surface area contributed by atoms with Gasteiger partial charge in [0.15, 0.2) is 11.4 Å². The Morgan fingerprint density at radius 2 is 1.61 bits per heavy atom. The largest absolute Gasteiger partial charge is 0.375 e. The number of carbonyl (C=O) groups is 2. The number of piperazine rings is 1. The number of para-hydroxylation sites is 1. The lowest BCUT2D eigenvalue weighted by Crippen LogP contribution is -2.52. The number of likely N-dealkylation sites (N-methyl/N-ethyl adjacent to an activating group) is 1. The number of amides is 1. The van der Waals surface area contributed by atoms with Gasteiger partial charge < -0.3 is 10.0 Å². The Hall–Kier alpha value is -2.54. The van der Waals surface area contributed by atoms with Crippen molar-refractivity contribution < 1.29 is 14.7 Å². The fraction of sp³-hybridized carbons (Fsp3) is 0.440. The minimum absolute atomic E-state index is 0.230. The van der Waals surface area contributed by atoms with Gasteiger partial charge in [0.1, 0.15) is 0 Å². The van der Waals surface area contributed by atoms with E-state index in [2.05, 4.69) is 23.6 Å². The number of ketones is 1. The minimum atomic E-state index is -1.83. The Kier molecular flexibility index (Phi) is 6.23. The van der Waals surface area contributed by atoms with Crippen molar-refractivity contribution in [1.82, 2.24) is 9.80 Å². The predicted octanol–water partition coefficient (Wildman–Crippen LogP) is 2.65. The van der Waals surface area contributed by atoms with E-state index in [-0.39, 0.29) is 12.2 Å². The summed E-state index contributed by atoms with van der Waals surface area (Å²) in [5, 5.41) is 11.5. The Labute approximate surface area is 184 Å². The SMILES string of the molecule is CCc1ccc(C(=O)C[C@@]2(O)C(=O)N(CN3CCN(CC)CC3)c3ccccc32)cc1. The molecule has 0 saturated carbocycles. The molecule has 2 heterocycles. The number of hydrogen-bond acceptors (Lipinski definition) is 5. The van der Waals surface area contributed by atoms with Crippen molar-refractivity contribution in [2.45, 2.75) is 32.3 Å². The van der Waals surface area contributed by atoms with Crippen LogP contribution in [-0.4, -0.2) is 66.0 Å². The van der Waals surface area contributed by atoms with Crippen LogP contribution in [0, 0.1) is 0 Å². The number of hydrogen-bond donors (Lipinski definition) is 1. The molecule has 1 N–H and O–H groups in total. The Balaban J connectivity index is 1.55. The zero-order valence-corrected chi connectivity index (χ0v) is 18.4. The van der Waals surface area contributed by atoms with Crippen molar-refractivity contribution in [2.75, 3.05) is 44.3 Å². The maximum atomic E-state index is 13.4. The number of anilines is 1. The van der Waals surface area contributed by atoms with E-state index < -0.39 is 11.5 Å². The van der Waals surface area contributed by atoms with Gasteiger partial charge in [0.25, 0.3) is 5.91 Å². The third kappa shape index (κ3) is 4.15. The van der Waals surface area contributed by atoms with Crippen LogP contribution in [0.4, 0.5) is 5.69 Å². The minimum Gasteiger partial charge on any atom is -0.375 e. The highest BCUT2D eigenvalue weighted by molar-refractivity contribution is 6.10. The third-order valence-corrected chi connectivity index (χ3v) is 6.59. The summed E-state index contributed by atoms with van der Waals surface area (Å²) in [5.41, 5.74) is 1.05. The molecular weight excluding hydrogens is 390 g/mol. The van der Waals surface area contributed by atoms with Crippen molar-refractivity contribution in [3.05, 3.63) is 65.2 Å². The van der Waals surface area contributed by atoms with Crippen molar-refractivity contribution >= 4 is 17.4 Å². The smallest absolute Gasteiger partial charge is 0.265 e. The van der Waals surface area contributed by atoms with Gasteiger partial charge in [-0.15, -0.1) is 0 Å². The lowest BCUT2D eigenvalue weighted by atomic mass is 9.88. The van der Waals surface area contributed by atoms with Gasteiger partial charge >= 0.3 is 0 Å². The van der Waals surface area contributed by atoms with Crippen LogP contribution in [0.1, 0.15) is 41.8 Å². The highest BCUT2D eigenvalue weighted by Gasteiger charge is 2.51. The first-order valence-corrected chi connectivity index (χ1v) is 11.2. The van der Waals surface area contributed by atoms with E-state index >= 15 is 0 Å². The number of rotatable bonds is 7. The number of benzene rings is 2. The Morgan fingerprint density at radius 3 is 2.26 bits per heavy atom. The molecule has 2 aliphatic heterocycles. The van der Waals surface area contributed by atoms with Crippen LogP contribution in [0.2, 0.25) is 0 Å². The summed E-state index contributed by atoms with van der Waals surface area (Å²) in [6.45, 7) is 9.36. The van der Waals surface area contributed by atoms with Gasteiger partial charge in [-0.2, -0.15) is 0 Å². The molecular formula is C25H31N3O3. The first-order chi connectivity index (χ1) is 15.0. The lowest BCUT2D eigenvalue weighted by Gasteiger charge is -2.36. The number of Topliss-reactive ketones (excluding diaryl/α,β-unsaturated/α-hetero) is 1. The van der Waals surface area contributed by atoms with Crippen LogP contribution in [0.15, 0.2) is 48.5 Å². The summed E-state index contributed by atoms with van der Waals surface area (Å²) in [4.78, 5) is 32.7. The molecule has 31 heavy (non-hydrogen) atoms. The highest BCUT2D eigenvalue weighted by Crippen LogP contribution is 2.43. The molecule has 2 aromatic rings. The number of aliphatic hydroxyl groups is 1. The molecule has 4 rings (SSSR count). The molecule has 6 heteroatoms. The average molecular weight is 422 g/mol. The average Bonchev–Trinajstić information content (AvgIpc) is 3.01. The van der Waals surface area contributed by atoms with Crippen LogP contribution >= 0.6 is 0 Å². The Bertz CT molecular complexity index is 951. The van der Waals surface area contributed by atoms with Gasteiger partial charge in [-0.3, -0.25) is 19.4 Å². The Morgan fingerprint density at radius 1 is 0.968 bits per heavy atom. The van der Waals surface area contributed by atoms with E-state index in [1.807, 2.05) is 24.3 Å². The second kappa shape index (κ2) is 8.91. The highest BCUT2D eigenvalue weighted by atomic mass is 16.3. The molecule has 0 radical (unpaired) electrons. The first kappa shape index (κ1) is 21.7. The third-order valence-electron chi connectivity index (χ3n) is 6.59. The van der Waals surface area contributed by atoms with E-state index in [1.165, 1.54) is 0 Å². The summed E-state index contributed by atoms with van der Waals surface area (Å²) >= 11 is 0. The van der Waals surface area contributed by atoms with E-state index in [0.29, 0.717) is 23.5 Å². The summed E-state index contributed by atoms with van der Waals surface area (Å²) in [5.74, 6) is -0.642. The number of carbonyl (C=O) groups excluding carboxylic acids is 2. The van der Waals surface area contributed by atoms with Crippen LogP contribution in [0.5, 0.6) is 0 Å². The van der Waals surface area contributed by atoms with Crippen LogP contribution < -0.4 is 4.90 Å². The zero-order chi connectivity index (χ0) is 22.0. The fourth-order valence-corrected chi connectivity index (χ4v) is 4.53. The molecule has 0 aromatic heterocycles. The summed E-state index contributed by atoms with van der Waals surface area (Å²) in [6, 6.07) is 14.7. The second-order valence-corrected chi connectivity index (χ2v) is 8.45. The molecule has 1 atom stereocenters. The molecule has 2 aliphatic rings. The molecule has 2 aromatic carbocycles.